The molecule has 2 heterocycles. The second-order valence-corrected chi connectivity index (χ2v) is 5.87. The number of rotatable bonds is 5. The SMILES string of the molecule is CC(C)c1nn(C)cc1CNCC1(C)CCCO1. The van der Waals surface area contributed by atoms with Crippen LogP contribution in [-0.4, -0.2) is 28.5 Å². The lowest BCUT2D eigenvalue weighted by Gasteiger charge is -2.23. The molecule has 1 unspecified atom stereocenters. The molecule has 0 saturated carbocycles. The number of aryl methyl sites for hydroxylation is 1. The van der Waals surface area contributed by atoms with Crippen molar-refractivity contribution in [2.45, 2.75) is 51.7 Å². The highest BCUT2D eigenvalue weighted by Gasteiger charge is 2.29. The van der Waals surface area contributed by atoms with E-state index in [9.17, 15) is 0 Å². The number of aromatic nitrogens is 2. The van der Waals surface area contributed by atoms with Crippen molar-refractivity contribution in [3.05, 3.63) is 17.5 Å². The van der Waals surface area contributed by atoms with Crippen molar-refractivity contribution in [2.75, 3.05) is 13.2 Å². The fourth-order valence-corrected chi connectivity index (χ4v) is 2.62. The molecule has 102 valence electrons. The van der Waals surface area contributed by atoms with Crippen molar-refractivity contribution >= 4 is 0 Å². The third-order valence-corrected chi connectivity index (χ3v) is 3.60. The Balaban J connectivity index is 1.90. The topological polar surface area (TPSA) is 39.1 Å². The van der Waals surface area contributed by atoms with Crippen LogP contribution in [0.25, 0.3) is 0 Å². The van der Waals surface area contributed by atoms with E-state index < -0.39 is 0 Å². The Bertz CT molecular complexity index is 392. The predicted octanol–water partition coefficient (Wildman–Crippen LogP) is 2.20. The molecule has 1 atom stereocenters. The van der Waals surface area contributed by atoms with Crippen molar-refractivity contribution < 1.29 is 4.74 Å². The van der Waals surface area contributed by atoms with Gasteiger partial charge in [-0.25, -0.2) is 0 Å². The van der Waals surface area contributed by atoms with E-state index in [1.165, 1.54) is 17.7 Å². The van der Waals surface area contributed by atoms with Gasteiger partial charge in [-0.1, -0.05) is 13.8 Å². The summed E-state index contributed by atoms with van der Waals surface area (Å²) in [7, 11) is 1.98. The van der Waals surface area contributed by atoms with Gasteiger partial charge in [-0.3, -0.25) is 4.68 Å². The monoisotopic (exact) mass is 251 g/mol. The zero-order valence-corrected chi connectivity index (χ0v) is 12.0. The van der Waals surface area contributed by atoms with Crippen molar-refractivity contribution in [1.29, 1.82) is 0 Å². The fraction of sp³-hybridized carbons (Fsp3) is 0.786. The lowest BCUT2D eigenvalue weighted by atomic mass is 10.0. The third kappa shape index (κ3) is 3.12. The summed E-state index contributed by atoms with van der Waals surface area (Å²) in [6, 6.07) is 0. The maximum Gasteiger partial charge on any atom is 0.0779 e. The number of nitrogens with one attached hydrogen (secondary N) is 1. The van der Waals surface area contributed by atoms with Crippen LogP contribution < -0.4 is 5.32 Å². The van der Waals surface area contributed by atoms with Gasteiger partial charge in [0, 0.05) is 38.5 Å². The molecule has 0 radical (unpaired) electrons. The Morgan fingerprint density at radius 3 is 2.94 bits per heavy atom. The summed E-state index contributed by atoms with van der Waals surface area (Å²) in [5, 5.41) is 8.04. The minimum atomic E-state index is 0.0280. The molecular formula is C14H25N3O. The molecule has 4 heteroatoms. The van der Waals surface area contributed by atoms with Crippen molar-refractivity contribution in [3.63, 3.8) is 0 Å². The molecule has 1 aliphatic rings. The predicted molar refractivity (Wildman–Crippen MR) is 72.6 cm³/mol. The molecule has 0 amide bonds. The maximum absolute atomic E-state index is 5.78. The summed E-state index contributed by atoms with van der Waals surface area (Å²) in [5.74, 6) is 0.473. The molecule has 0 aliphatic carbocycles. The fourth-order valence-electron chi connectivity index (χ4n) is 2.62. The molecule has 1 aromatic heterocycles. The second kappa shape index (κ2) is 5.41. The summed E-state index contributed by atoms with van der Waals surface area (Å²) in [6.07, 6.45) is 4.45. The highest BCUT2D eigenvalue weighted by molar-refractivity contribution is 5.20. The first-order chi connectivity index (χ1) is 8.50. The Labute approximate surface area is 110 Å². The molecule has 4 nitrogen and oxygen atoms in total. The van der Waals surface area contributed by atoms with Crippen LogP contribution in [0.15, 0.2) is 6.20 Å². The molecule has 1 saturated heterocycles. The quantitative estimate of drug-likeness (QED) is 0.872. The standard InChI is InChI=1S/C14H25N3O/c1-11(2)13-12(9-17(4)16-13)8-15-10-14(3)6-5-7-18-14/h9,11,15H,5-8,10H2,1-4H3. The van der Waals surface area contributed by atoms with Gasteiger partial charge in [-0.05, 0) is 25.7 Å². The van der Waals surface area contributed by atoms with Gasteiger partial charge in [0.15, 0.2) is 0 Å². The molecule has 0 aromatic carbocycles. The van der Waals surface area contributed by atoms with Crippen LogP contribution in [0.3, 0.4) is 0 Å². The van der Waals surface area contributed by atoms with Gasteiger partial charge < -0.3 is 10.1 Å². The summed E-state index contributed by atoms with van der Waals surface area (Å²) >= 11 is 0. The van der Waals surface area contributed by atoms with E-state index in [0.717, 1.165) is 26.1 Å². The lowest BCUT2D eigenvalue weighted by molar-refractivity contribution is 0.0206. The number of hydrogen-bond donors (Lipinski definition) is 1. The molecule has 1 aromatic rings. The molecule has 1 N–H and O–H groups in total. The summed E-state index contributed by atoms with van der Waals surface area (Å²) in [4.78, 5) is 0. The number of nitrogens with zero attached hydrogens (tertiary/aromatic N) is 2. The van der Waals surface area contributed by atoms with Crippen LogP contribution in [-0.2, 0) is 18.3 Å². The highest BCUT2D eigenvalue weighted by Crippen LogP contribution is 2.24. The lowest BCUT2D eigenvalue weighted by Crippen LogP contribution is -2.36. The van der Waals surface area contributed by atoms with Crippen LogP contribution in [0.2, 0.25) is 0 Å². The summed E-state index contributed by atoms with van der Waals surface area (Å²) in [6.45, 7) is 9.27. The van der Waals surface area contributed by atoms with E-state index in [4.69, 9.17) is 4.74 Å². The largest absolute Gasteiger partial charge is 0.374 e. The van der Waals surface area contributed by atoms with Crippen LogP contribution >= 0.6 is 0 Å². The van der Waals surface area contributed by atoms with Gasteiger partial charge >= 0.3 is 0 Å². The number of ether oxygens (including phenoxy) is 1. The van der Waals surface area contributed by atoms with Gasteiger partial charge in [0.1, 0.15) is 0 Å². The summed E-state index contributed by atoms with van der Waals surface area (Å²) < 4.78 is 7.68. The van der Waals surface area contributed by atoms with E-state index in [1.54, 1.807) is 0 Å². The highest BCUT2D eigenvalue weighted by atomic mass is 16.5. The zero-order chi connectivity index (χ0) is 13.2. The van der Waals surface area contributed by atoms with Crippen molar-refractivity contribution in [1.82, 2.24) is 15.1 Å². The van der Waals surface area contributed by atoms with Crippen molar-refractivity contribution in [2.24, 2.45) is 7.05 Å². The smallest absolute Gasteiger partial charge is 0.0779 e. The molecule has 0 spiro atoms. The molecular weight excluding hydrogens is 226 g/mol. The molecule has 1 fully saturated rings. The van der Waals surface area contributed by atoms with Crippen LogP contribution in [0.1, 0.15) is 50.8 Å². The van der Waals surface area contributed by atoms with Gasteiger partial charge in [0.05, 0.1) is 11.3 Å². The second-order valence-electron chi connectivity index (χ2n) is 5.87. The third-order valence-electron chi connectivity index (χ3n) is 3.60. The van der Waals surface area contributed by atoms with Gasteiger partial charge in [-0.2, -0.15) is 5.10 Å². The molecule has 18 heavy (non-hydrogen) atoms. The van der Waals surface area contributed by atoms with E-state index in [-0.39, 0.29) is 5.60 Å². The first kappa shape index (κ1) is 13.6. The van der Waals surface area contributed by atoms with E-state index in [2.05, 4.69) is 37.4 Å². The van der Waals surface area contributed by atoms with Crippen LogP contribution in [0.5, 0.6) is 0 Å². The maximum atomic E-state index is 5.78. The van der Waals surface area contributed by atoms with E-state index in [0.29, 0.717) is 5.92 Å². The molecule has 2 rings (SSSR count). The zero-order valence-electron chi connectivity index (χ0n) is 12.0. The Morgan fingerprint density at radius 2 is 2.33 bits per heavy atom. The number of hydrogen-bond acceptors (Lipinski definition) is 3. The Kier molecular flexibility index (Phi) is 4.07. The first-order valence-corrected chi connectivity index (χ1v) is 6.87. The molecule has 0 bridgehead atoms. The average Bonchev–Trinajstić information content (AvgIpc) is 2.86. The van der Waals surface area contributed by atoms with E-state index in [1.807, 2.05) is 11.7 Å². The Hall–Kier alpha value is -0.870. The average molecular weight is 251 g/mol. The van der Waals surface area contributed by atoms with Crippen LogP contribution in [0, 0.1) is 0 Å². The first-order valence-electron chi connectivity index (χ1n) is 6.87. The van der Waals surface area contributed by atoms with Crippen LogP contribution in [0.4, 0.5) is 0 Å². The summed E-state index contributed by atoms with van der Waals surface area (Å²) in [5.41, 5.74) is 2.52. The minimum Gasteiger partial charge on any atom is -0.374 e. The Morgan fingerprint density at radius 1 is 1.56 bits per heavy atom. The molecule has 1 aliphatic heterocycles. The van der Waals surface area contributed by atoms with Gasteiger partial charge in [0.25, 0.3) is 0 Å². The van der Waals surface area contributed by atoms with E-state index >= 15 is 0 Å². The van der Waals surface area contributed by atoms with Gasteiger partial charge in [0.2, 0.25) is 0 Å². The minimum absolute atomic E-state index is 0.0280. The van der Waals surface area contributed by atoms with Gasteiger partial charge in [-0.15, -0.1) is 0 Å². The van der Waals surface area contributed by atoms with Crippen molar-refractivity contribution in [3.8, 4) is 0 Å². The normalized spacial score (nSPS) is 24.1.